The number of aromatic nitrogens is 2. The fourth-order valence-corrected chi connectivity index (χ4v) is 1.76. The minimum absolute atomic E-state index is 0.00125. The Labute approximate surface area is 116 Å². The largest absolute Gasteiger partial charge is 0.491 e. The summed E-state index contributed by atoms with van der Waals surface area (Å²) in [4.78, 5) is 0. The summed E-state index contributed by atoms with van der Waals surface area (Å²) >= 11 is 0. The molecule has 0 spiro atoms. The third-order valence-corrected chi connectivity index (χ3v) is 2.96. The van der Waals surface area contributed by atoms with E-state index in [1.54, 1.807) is 24.3 Å². The monoisotopic (exact) mass is 276 g/mol. The van der Waals surface area contributed by atoms with E-state index in [-0.39, 0.29) is 19.8 Å². The van der Waals surface area contributed by atoms with Crippen molar-refractivity contribution in [2.75, 3.05) is 13.2 Å². The number of aliphatic hydroxyl groups excluding tert-OH is 1. The van der Waals surface area contributed by atoms with Gasteiger partial charge in [-0.05, 0) is 37.1 Å². The summed E-state index contributed by atoms with van der Waals surface area (Å²) < 4.78 is 16.3. The van der Waals surface area contributed by atoms with Crippen LogP contribution in [0.3, 0.4) is 0 Å². The van der Waals surface area contributed by atoms with E-state index in [4.69, 9.17) is 19.0 Å². The van der Waals surface area contributed by atoms with Crippen LogP contribution in [-0.4, -0.2) is 28.5 Å². The first-order valence-corrected chi connectivity index (χ1v) is 6.64. The Balaban J connectivity index is 1.51. The lowest BCUT2D eigenvalue weighted by atomic mass is 10.3. The molecule has 1 heterocycles. The van der Waals surface area contributed by atoms with E-state index in [9.17, 15) is 0 Å². The maximum absolute atomic E-state index is 8.66. The van der Waals surface area contributed by atoms with Crippen molar-refractivity contribution in [3.8, 4) is 11.5 Å². The third kappa shape index (κ3) is 3.27. The highest BCUT2D eigenvalue weighted by molar-refractivity contribution is 5.31. The minimum atomic E-state index is -0.00125. The average molecular weight is 276 g/mol. The number of aliphatic hydroxyl groups is 1. The molecule has 1 saturated carbocycles. The highest BCUT2D eigenvalue weighted by Gasteiger charge is 2.29. The Kier molecular flexibility index (Phi) is 3.83. The summed E-state index contributed by atoms with van der Waals surface area (Å²) in [6.07, 6.45) is 2.27. The molecule has 2 aromatic rings. The molecule has 6 nitrogen and oxygen atoms in total. The van der Waals surface area contributed by atoms with E-state index in [1.807, 2.05) is 0 Å². The molecular weight excluding hydrogens is 260 g/mol. The van der Waals surface area contributed by atoms with Crippen LogP contribution in [0.4, 0.5) is 0 Å². The Morgan fingerprint density at radius 2 is 1.80 bits per heavy atom. The van der Waals surface area contributed by atoms with Gasteiger partial charge in [-0.1, -0.05) is 0 Å². The van der Waals surface area contributed by atoms with Gasteiger partial charge in [-0.25, -0.2) is 0 Å². The summed E-state index contributed by atoms with van der Waals surface area (Å²) in [6, 6.07) is 7.17. The van der Waals surface area contributed by atoms with Gasteiger partial charge in [-0.3, -0.25) is 0 Å². The zero-order valence-corrected chi connectivity index (χ0v) is 11.0. The molecule has 1 aliphatic rings. The van der Waals surface area contributed by atoms with Crippen molar-refractivity contribution in [3.63, 3.8) is 0 Å². The van der Waals surface area contributed by atoms with E-state index in [0.29, 0.717) is 23.3 Å². The van der Waals surface area contributed by atoms with E-state index >= 15 is 0 Å². The second kappa shape index (κ2) is 5.92. The van der Waals surface area contributed by atoms with Crippen molar-refractivity contribution in [2.45, 2.75) is 25.4 Å². The molecule has 0 saturated heterocycles. The number of rotatable bonds is 7. The summed E-state index contributed by atoms with van der Waals surface area (Å²) in [5.74, 6) is 3.07. The van der Waals surface area contributed by atoms with Crippen molar-refractivity contribution >= 4 is 0 Å². The standard InChI is InChI=1S/C14H16N2O4/c17-7-8-18-11-3-5-12(6-4-11)19-9-13-15-16-14(20-13)10-1-2-10/h3-6,10,17H,1-2,7-9H2. The quantitative estimate of drug-likeness (QED) is 0.832. The van der Waals surface area contributed by atoms with Crippen molar-refractivity contribution in [3.05, 3.63) is 36.0 Å². The Hall–Kier alpha value is -2.08. The van der Waals surface area contributed by atoms with Crippen LogP contribution < -0.4 is 9.47 Å². The second-order valence-corrected chi connectivity index (χ2v) is 4.64. The van der Waals surface area contributed by atoms with Crippen LogP contribution in [0.5, 0.6) is 11.5 Å². The molecule has 1 aliphatic carbocycles. The lowest BCUT2D eigenvalue weighted by Crippen LogP contribution is -2.01. The lowest BCUT2D eigenvalue weighted by molar-refractivity contribution is 0.201. The van der Waals surface area contributed by atoms with Gasteiger partial charge in [0.2, 0.25) is 5.89 Å². The highest BCUT2D eigenvalue weighted by Crippen LogP contribution is 2.39. The number of benzene rings is 1. The first-order valence-electron chi connectivity index (χ1n) is 6.64. The highest BCUT2D eigenvalue weighted by atomic mass is 16.5. The fourth-order valence-electron chi connectivity index (χ4n) is 1.76. The fraction of sp³-hybridized carbons (Fsp3) is 0.429. The smallest absolute Gasteiger partial charge is 0.253 e. The van der Waals surface area contributed by atoms with Crippen LogP contribution in [0.25, 0.3) is 0 Å². The summed E-state index contributed by atoms with van der Waals surface area (Å²) in [5.41, 5.74) is 0. The molecule has 20 heavy (non-hydrogen) atoms. The molecule has 1 N–H and O–H groups in total. The minimum Gasteiger partial charge on any atom is -0.491 e. The van der Waals surface area contributed by atoms with Crippen LogP contribution >= 0.6 is 0 Å². The van der Waals surface area contributed by atoms with Gasteiger partial charge in [-0.15, -0.1) is 10.2 Å². The van der Waals surface area contributed by atoms with Crippen LogP contribution in [0.1, 0.15) is 30.5 Å². The van der Waals surface area contributed by atoms with Gasteiger partial charge in [0.1, 0.15) is 18.1 Å². The van der Waals surface area contributed by atoms with Crippen molar-refractivity contribution in [2.24, 2.45) is 0 Å². The van der Waals surface area contributed by atoms with E-state index < -0.39 is 0 Å². The molecular formula is C14H16N2O4. The van der Waals surface area contributed by atoms with Gasteiger partial charge < -0.3 is 19.0 Å². The van der Waals surface area contributed by atoms with Crippen LogP contribution in [0.2, 0.25) is 0 Å². The number of ether oxygens (including phenoxy) is 2. The molecule has 0 radical (unpaired) electrons. The van der Waals surface area contributed by atoms with Crippen molar-refractivity contribution < 1.29 is 19.0 Å². The van der Waals surface area contributed by atoms with Gasteiger partial charge in [-0.2, -0.15) is 0 Å². The third-order valence-electron chi connectivity index (χ3n) is 2.96. The molecule has 0 amide bonds. The molecule has 3 rings (SSSR count). The molecule has 0 bridgehead atoms. The lowest BCUT2D eigenvalue weighted by Gasteiger charge is -2.06. The zero-order chi connectivity index (χ0) is 13.8. The Bertz CT molecular complexity index is 549. The van der Waals surface area contributed by atoms with Crippen LogP contribution in [0.15, 0.2) is 28.7 Å². The SMILES string of the molecule is OCCOc1ccc(OCc2nnc(C3CC3)o2)cc1. The van der Waals surface area contributed by atoms with E-state index in [0.717, 1.165) is 18.7 Å². The molecule has 1 aromatic heterocycles. The van der Waals surface area contributed by atoms with Gasteiger partial charge in [0.15, 0.2) is 6.61 Å². The zero-order valence-electron chi connectivity index (χ0n) is 11.0. The normalized spacial score (nSPS) is 14.2. The molecule has 0 atom stereocenters. The number of nitrogens with zero attached hydrogens (tertiary/aromatic N) is 2. The van der Waals surface area contributed by atoms with E-state index in [2.05, 4.69) is 10.2 Å². The topological polar surface area (TPSA) is 77.6 Å². The first-order chi connectivity index (χ1) is 9.85. The van der Waals surface area contributed by atoms with Gasteiger partial charge in [0, 0.05) is 5.92 Å². The second-order valence-electron chi connectivity index (χ2n) is 4.64. The molecule has 0 unspecified atom stereocenters. The van der Waals surface area contributed by atoms with Gasteiger partial charge in [0.05, 0.1) is 6.61 Å². The number of hydrogen-bond acceptors (Lipinski definition) is 6. The van der Waals surface area contributed by atoms with Gasteiger partial charge >= 0.3 is 0 Å². The maximum Gasteiger partial charge on any atom is 0.253 e. The Morgan fingerprint density at radius 3 is 2.45 bits per heavy atom. The van der Waals surface area contributed by atoms with Crippen molar-refractivity contribution in [1.82, 2.24) is 10.2 Å². The molecule has 1 fully saturated rings. The van der Waals surface area contributed by atoms with Crippen LogP contribution in [0, 0.1) is 0 Å². The molecule has 6 heteroatoms. The summed E-state index contributed by atoms with van der Waals surface area (Å²) in [6.45, 7) is 0.543. The summed E-state index contributed by atoms with van der Waals surface area (Å²) in [7, 11) is 0. The predicted octanol–water partition coefficient (Wildman–Crippen LogP) is 1.90. The molecule has 0 aliphatic heterocycles. The van der Waals surface area contributed by atoms with Gasteiger partial charge in [0.25, 0.3) is 5.89 Å². The van der Waals surface area contributed by atoms with Crippen LogP contribution in [-0.2, 0) is 6.61 Å². The first kappa shape index (κ1) is 12.9. The predicted molar refractivity (Wildman–Crippen MR) is 69.6 cm³/mol. The van der Waals surface area contributed by atoms with Crippen molar-refractivity contribution in [1.29, 1.82) is 0 Å². The van der Waals surface area contributed by atoms with E-state index in [1.165, 1.54) is 0 Å². The number of hydrogen-bond donors (Lipinski definition) is 1. The summed E-state index contributed by atoms with van der Waals surface area (Å²) in [5, 5.41) is 16.6. The maximum atomic E-state index is 8.66. The Morgan fingerprint density at radius 1 is 1.10 bits per heavy atom. The average Bonchev–Trinajstić information content (AvgIpc) is 3.23. The molecule has 106 valence electrons. The molecule has 1 aromatic carbocycles.